The van der Waals surface area contributed by atoms with Gasteiger partial charge in [-0.3, -0.25) is 14.7 Å². The van der Waals surface area contributed by atoms with Gasteiger partial charge < -0.3 is 4.74 Å². The summed E-state index contributed by atoms with van der Waals surface area (Å²) in [5, 5.41) is 20.0. The first kappa shape index (κ1) is 23.4. The summed E-state index contributed by atoms with van der Waals surface area (Å²) in [7, 11) is 0. The minimum Gasteiger partial charge on any atom is -0.488 e. The highest BCUT2D eigenvalue weighted by Crippen LogP contribution is 2.40. The highest BCUT2D eigenvalue weighted by Gasteiger charge is 2.26. The highest BCUT2D eigenvalue weighted by molar-refractivity contribution is 7.99. The van der Waals surface area contributed by atoms with Crippen LogP contribution in [0.4, 0.5) is 4.39 Å². The Morgan fingerprint density at radius 3 is 2.59 bits per heavy atom. The van der Waals surface area contributed by atoms with E-state index in [1.165, 1.54) is 17.8 Å². The molecule has 0 bridgehead atoms. The molecule has 3 aromatic carbocycles. The molecule has 0 aliphatic heterocycles. The van der Waals surface area contributed by atoms with Crippen LogP contribution in [0.3, 0.4) is 0 Å². The fourth-order valence-electron chi connectivity index (χ4n) is 3.59. The van der Waals surface area contributed by atoms with Crippen molar-refractivity contribution < 1.29 is 14.1 Å². The smallest absolute Gasteiger partial charge is 0.220 e. The van der Waals surface area contributed by atoms with Gasteiger partial charge in [0.1, 0.15) is 29.2 Å². The number of hydrogen-bond donors (Lipinski definition) is 0. The highest BCUT2D eigenvalue weighted by atomic mass is 32.2. The second-order valence-corrected chi connectivity index (χ2v) is 8.91. The fraction of sp³-hybridized carbons (Fsp3) is 0.200. The standard InChI is InChI=1S/C25H23FN4O3S/c1-17-8-7-10-20(14-17)30-18(2)27-28-25(30)34-24(15-29(31)32)21-11-4-6-13-23(21)33-16-19-9-3-5-12-22(19)26/h3-14,24H,15-16H2,1-2H3/t24-/m0/s1. The number of nitrogens with zero attached hydrogens (tertiary/aromatic N) is 4. The molecule has 0 fully saturated rings. The Labute approximate surface area is 200 Å². The van der Waals surface area contributed by atoms with Crippen molar-refractivity contribution in [2.45, 2.75) is 30.9 Å². The predicted molar refractivity (Wildman–Crippen MR) is 128 cm³/mol. The molecule has 34 heavy (non-hydrogen) atoms. The van der Waals surface area contributed by atoms with Gasteiger partial charge in [-0.2, -0.15) is 0 Å². The van der Waals surface area contributed by atoms with Crippen LogP contribution in [0.2, 0.25) is 0 Å². The molecule has 1 aromatic heterocycles. The van der Waals surface area contributed by atoms with Gasteiger partial charge in [0.05, 0.1) is 0 Å². The Kier molecular flexibility index (Phi) is 7.22. The molecule has 4 rings (SSSR count). The van der Waals surface area contributed by atoms with Crippen LogP contribution in [0, 0.1) is 29.8 Å². The second-order valence-electron chi connectivity index (χ2n) is 7.74. The summed E-state index contributed by atoms with van der Waals surface area (Å²) in [6.07, 6.45) is 0. The first-order valence-corrected chi connectivity index (χ1v) is 11.5. The molecule has 0 aliphatic carbocycles. The topological polar surface area (TPSA) is 83.1 Å². The van der Waals surface area contributed by atoms with Crippen molar-refractivity contribution in [1.29, 1.82) is 0 Å². The molecular formula is C25H23FN4O3S. The van der Waals surface area contributed by atoms with Crippen LogP contribution in [-0.2, 0) is 6.61 Å². The number of aryl methyl sites for hydroxylation is 2. The SMILES string of the molecule is Cc1cccc(-n2c(C)nnc2S[C@@H](C[N+](=O)[O-])c2ccccc2OCc2ccccc2F)c1. The summed E-state index contributed by atoms with van der Waals surface area (Å²) in [5.41, 5.74) is 3.01. The summed E-state index contributed by atoms with van der Waals surface area (Å²) in [4.78, 5) is 11.2. The maximum absolute atomic E-state index is 14.1. The van der Waals surface area contributed by atoms with Crippen molar-refractivity contribution in [3.63, 3.8) is 0 Å². The van der Waals surface area contributed by atoms with Gasteiger partial charge in [-0.05, 0) is 43.7 Å². The van der Waals surface area contributed by atoms with Gasteiger partial charge in [0.2, 0.25) is 6.54 Å². The molecule has 7 nitrogen and oxygen atoms in total. The van der Waals surface area contributed by atoms with E-state index in [-0.39, 0.29) is 23.9 Å². The van der Waals surface area contributed by atoms with Gasteiger partial charge in [0.15, 0.2) is 5.16 Å². The number of halogens is 1. The van der Waals surface area contributed by atoms with Gasteiger partial charge in [0, 0.05) is 21.7 Å². The molecule has 174 valence electrons. The first-order chi connectivity index (χ1) is 16.4. The molecule has 0 spiro atoms. The Morgan fingerprint density at radius 1 is 1.06 bits per heavy atom. The fourth-order valence-corrected chi connectivity index (χ4v) is 4.80. The number of thioether (sulfide) groups is 1. The average Bonchev–Trinajstić information content (AvgIpc) is 3.18. The van der Waals surface area contributed by atoms with E-state index in [0.29, 0.717) is 27.9 Å². The Hall–Kier alpha value is -3.72. The lowest BCUT2D eigenvalue weighted by Crippen LogP contribution is -2.12. The second kappa shape index (κ2) is 10.5. The zero-order valence-corrected chi connectivity index (χ0v) is 19.5. The summed E-state index contributed by atoms with van der Waals surface area (Å²) >= 11 is 1.25. The third kappa shape index (κ3) is 5.43. The van der Waals surface area contributed by atoms with Gasteiger partial charge >= 0.3 is 0 Å². The lowest BCUT2D eigenvalue weighted by Gasteiger charge is -2.18. The number of rotatable bonds is 9. The van der Waals surface area contributed by atoms with Crippen molar-refractivity contribution in [2.75, 3.05) is 6.54 Å². The molecule has 1 atom stereocenters. The van der Waals surface area contributed by atoms with E-state index in [1.54, 1.807) is 42.5 Å². The molecule has 9 heteroatoms. The molecule has 0 amide bonds. The molecule has 0 saturated heterocycles. The molecular weight excluding hydrogens is 455 g/mol. The van der Waals surface area contributed by atoms with Crippen molar-refractivity contribution in [3.05, 3.63) is 111 Å². The van der Waals surface area contributed by atoms with Crippen molar-refractivity contribution >= 4 is 11.8 Å². The summed E-state index contributed by atoms with van der Waals surface area (Å²) < 4.78 is 21.9. The van der Waals surface area contributed by atoms with Crippen LogP contribution < -0.4 is 4.74 Å². The van der Waals surface area contributed by atoms with Crippen LogP contribution in [0.5, 0.6) is 5.75 Å². The van der Waals surface area contributed by atoms with Gasteiger partial charge in [-0.25, -0.2) is 4.39 Å². The molecule has 0 aliphatic rings. The van der Waals surface area contributed by atoms with Crippen LogP contribution in [0.15, 0.2) is 78.0 Å². The summed E-state index contributed by atoms with van der Waals surface area (Å²) in [5.74, 6) is 0.776. The summed E-state index contributed by atoms with van der Waals surface area (Å²) in [6, 6.07) is 21.4. The summed E-state index contributed by atoms with van der Waals surface area (Å²) in [6.45, 7) is 3.50. The van der Waals surface area contributed by atoms with Crippen LogP contribution in [0.25, 0.3) is 5.69 Å². The van der Waals surface area contributed by atoms with E-state index in [4.69, 9.17) is 4.74 Å². The number of benzene rings is 3. The van der Waals surface area contributed by atoms with Crippen LogP contribution >= 0.6 is 11.8 Å². The minimum absolute atomic E-state index is 0.0120. The van der Waals surface area contributed by atoms with Gasteiger partial charge in [-0.15, -0.1) is 10.2 Å². The van der Waals surface area contributed by atoms with E-state index >= 15 is 0 Å². The third-order valence-corrected chi connectivity index (χ3v) is 6.39. The Bertz CT molecular complexity index is 1310. The minimum atomic E-state index is -0.598. The van der Waals surface area contributed by atoms with Crippen molar-refractivity contribution in [1.82, 2.24) is 14.8 Å². The molecule has 0 radical (unpaired) electrons. The number of hydrogen-bond acceptors (Lipinski definition) is 6. The van der Waals surface area contributed by atoms with Crippen LogP contribution in [-0.4, -0.2) is 26.2 Å². The molecule has 0 saturated carbocycles. The Morgan fingerprint density at radius 2 is 1.82 bits per heavy atom. The zero-order valence-electron chi connectivity index (χ0n) is 18.7. The first-order valence-electron chi connectivity index (χ1n) is 10.6. The largest absolute Gasteiger partial charge is 0.488 e. The van der Waals surface area contributed by atoms with E-state index in [0.717, 1.165) is 11.3 Å². The number of para-hydroxylation sites is 1. The zero-order chi connectivity index (χ0) is 24.1. The quantitative estimate of drug-likeness (QED) is 0.174. The number of aromatic nitrogens is 3. The number of ether oxygens (including phenoxy) is 1. The number of nitro groups is 1. The molecule has 0 unspecified atom stereocenters. The maximum atomic E-state index is 14.1. The van der Waals surface area contributed by atoms with E-state index in [2.05, 4.69) is 10.2 Å². The predicted octanol–water partition coefficient (Wildman–Crippen LogP) is 5.71. The monoisotopic (exact) mass is 478 g/mol. The van der Waals surface area contributed by atoms with Crippen LogP contribution in [0.1, 0.15) is 27.8 Å². The van der Waals surface area contributed by atoms with E-state index in [9.17, 15) is 14.5 Å². The Balaban J connectivity index is 1.66. The maximum Gasteiger partial charge on any atom is 0.220 e. The van der Waals surface area contributed by atoms with E-state index in [1.807, 2.05) is 42.7 Å². The normalized spacial score (nSPS) is 11.9. The average molecular weight is 479 g/mol. The molecule has 1 heterocycles. The lowest BCUT2D eigenvalue weighted by molar-refractivity contribution is -0.479. The lowest BCUT2D eigenvalue weighted by atomic mass is 10.1. The van der Waals surface area contributed by atoms with Gasteiger partial charge in [0.25, 0.3) is 0 Å². The third-order valence-electron chi connectivity index (χ3n) is 5.22. The van der Waals surface area contributed by atoms with Gasteiger partial charge in [-0.1, -0.05) is 60.3 Å². The molecule has 4 aromatic rings. The molecule has 0 N–H and O–H groups in total. The van der Waals surface area contributed by atoms with Crippen molar-refractivity contribution in [2.24, 2.45) is 0 Å². The van der Waals surface area contributed by atoms with Crippen molar-refractivity contribution in [3.8, 4) is 11.4 Å². The van der Waals surface area contributed by atoms with E-state index < -0.39 is 5.25 Å².